The molecule has 11 heteroatoms. The molecule has 190 valence electrons. The number of carbonyl (C=O) groups is 4. The average Bonchev–Trinajstić information content (AvgIpc) is 3.34. The molecule has 5 atom stereocenters. The van der Waals surface area contributed by atoms with Gasteiger partial charge in [0.15, 0.2) is 0 Å². The van der Waals surface area contributed by atoms with Crippen LogP contribution in [0.1, 0.15) is 38.4 Å². The topological polar surface area (TPSA) is 179 Å². The van der Waals surface area contributed by atoms with Crippen molar-refractivity contribution in [2.45, 2.75) is 64.2 Å². The van der Waals surface area contributed by atoms with Crippen molar-refractivity contribution >= 4 is 23.7 Å². The Morgan fingerprint density at radius 3 is 2.26 bits per heavy atom. The number of carboxylic acid groups (broad SMARTS) is 1. The van der Waals surface area contributed by atoms with Crippen LogP contribution in [0.25, 0.3) is 0 Å². The molecule has 2 aromatic rings. The fourth-order valence-electron chi connectivity index (χ4n) is 3.40. The SMILES string of the molecule is CCC(C)C(NC(=O)C(N)Cc1ccccc1)C(=O)NC(C)C(=O)NC(Cc1cnc[nH]1)C(=O)O. The minimum atomic E-state index is -1.22. The lowest BCUT2D eigenvalue weighted by Gasteiger charge is -2.27. The van der Waals surface area contributed by atoms with E-state index in [-0.39, 0.29) is 12.3 Å². The van der Waals surface area contributed by atoms with Gasteiger partial charge in [0.25, 0.3) is 0 Å². The van der Waals surface area contributed by atoms with E-state index in [1.807, 2.05) is 44.2 Å². The molecule has 7 N–H and O–H groups in total. The minimum absolute atomic E-state index is 0.00654. The van der Waals surface area contributed by atoms with E-state index in [9.17, 15) is 24.3 Å². The lowest BCUT2D eigenvalue weighted by atomic mass is 9.97. The Kier molecular flexibility index (Phi) is 10.4. The van der Waals surface area contributed by atoms with Crippen LogP contribution in [0.2, 0.25) is 0 Å². The van der Waals surface area contributed by atoms with Gasteiger partial charge >= 0.3 is 5.97 Å². The van der Waals surface area contributed by atoms with Crippen LogP contribution < -0.4 is 21.7 Å². The molecular formula is C24H34N6O5. The molecule has 0 aliphatic rings. The molecule has 1 aromatic heterocycles. The number of imidazole rings is 1. The first-order valence-corrected chi connectivity index (χ1v) is 11.5. The molecule has 1 heterocycles. The van der Waals surface area contributed by atoms with Gasteiger partial charge in [-0.1, -0.05) is 50.6 Å². The summed E-state index contributed by atoms with van der Waals surface area (Å²) in [6.07, 6.45) is 3.79. The van der Waals surface area contributed by atoms with Crippen molar-refractivity contribution in [3.8, 4) is 0 Å². The van der Waals surface area contributed by atoms with E-state index < -0.39 is 47.9 Å². The number of benzene rings is 1. The average molecular weight is 487 g/mol. The molecule has 1 aromatic carbocycles. The van der Waals surface area contributed by atoms with E-state index in [0.29, 0.717) is 18.5 Å². The maximum atomic E-state index is 13.0. The van der Waals surface area contributed by atoms with Crippen molar-refractivity contribution in [2.75, 3.05) is 0 Å². The highest BCUT2D eigenvalue weighted by Gasteiger charge is 2.31. The van der Waals surface area contributed by atoms with Gasteiger partial charge in [0.05, 0.1) is 12.4 Å². The summed E-state index contributed by atoms with van der Waals surface area (Å²) in [5.74, 6) is -3.14. The monoisotopic (exact) mass is 486 g/mol. The van der Waals surface area contributed by atoms with Crippen molar-refractivity contribution in [3.05, 3.63) is 54.1 Å². The van der Waals surface area contributed by atoms with Gasteiger partial charge in [0, 0.05) is 18.3 Å². The third-order valence-corrected chi connectivity index (χ3v) is 5.77. The van der Waals surface area contributed by atoms with Crippen molar-refractivity contribution in [1.29, 1.82) is 0 Å². The molecule has 0 aliphatic heterocycles. The number of rotatable bonds is 13. The van der Waals surface area contributed by atoms with Crippen LogP contribution in [0.15, 0.2) is 42.9 Å². The summed E-state index contributed by atoms with van der Waals surface area (Å²) in [6, 6.07) is 5.30. The summed E-state index contributed by atoms with van der Waals surface area (Å²) < 4.78 is 0. The highest BCUT2D eigenvalue weighted by atomic mass is 16.4. The molecule has 2 rings (SSSR count). The normalized spacial score (nSPS) is 15.2. The number of nitrogens with two attached hydrogens (primary N) is 1. The summed E-state index contributed by atoms with van der Waals surface area (Å²) in [5, 5.41) is 17.1. The number of amides is 3. The van der Waals surface area contributed by atoms with Crippen molar-refractivity contribution in [2.24, 2.45) is 11.7 Å². The molecule has 0 radical (unpaired) electrons. The number of H-pyrrole nitrogens is 1. The quantitative estimate of drug-likeness (QED) is 0.233. The molecule has 11 nitrogen and oxygen atoms in total. The van der Waals surface area contributed by atoms with Crippen LogP contribution in [-0.2, 0) is 32.0 Å². The Hall–Kier alpha value is -3.73. The van der Waals surface area contributed by atoms with Gasteiger partial charge in [-0.2, -0.15) is 0 Å². The molecular weight excluding hydrogens is 452 g/mol. The summed E-state index contributed by atoms with van der Waals surface area (Å²) in [4.78, 5) is 56.5. The van der Waals surface area contributed by atoms with Gasteiger partial charge in [-0.25, -0.2) is 9.78 Å². The van der Waals surface area contributed by atoms with Crippen molar-refractivity contribution in [1.82, 2.24) is 25.9 Å². The molecule has 0 aliphatic carbocycles. The summed E-state index contributed by atoms with van der Waals surface area (Å²) in [7, 11) is 0. The lowest BCUT2D eigenvalue weighted by Crippen LogP contribution is -2.58. The van der Waals surface area contributed by atoms with Gasteiger partial charge < -0.3 is 31.8 Å². The number of aromatic amines is 1. The van der Waals surface area contributed by atoms with Crippen molar-refractivity contribution < 1.29 is 24.3 Å². The number of aromatic nitrogens is 2. The first-order chi connectivity index (χ1) is 16.6. The zero-order chi connectivity index (χ0) is 26.0. The third-order valence-electron chi connectivity index (χ3n) is 5.77. The van der Waals surface area contributed by atoms with Crippen LogP contribution in [0.3, 0.4) is 0 Å². The Balaban J connectivity index is 1.98. The number of nitrogens with zero attached hydrogens (tertiary/aromatic N) is 1. The molecule has 35 heavy (non-hydrogen) atoms. The fourth-order valence-corrected chi connectivity index (χ4v) is 3.40. The number of hydrogen-bond acceptors (Lipinski definition) is 6. The molecule has 0 bridgehead atoms. The number of hydrogen-bond donors (Lipinski definition) is 6. The highest BCUT2D eigenvalue weighted by molar-refractivity contribution is 5.94. The standard InChI is InChI=1S/C24H34N6O5/c1-4-14(2)20(30-22(32)18(25)10-16-8-6-5-7-9-16)23(33)28-15(3)21(31)29-19(24(34)35)11-17-12-26-13-27-17/h5-9,12-15,18-20H,4,10-11,25H2,1-3H3,(H,26,27)(H,28,33)(H,29,31)(H,30,32)(H,34,35). The van der Waals surface area contributed by atoms with E-state index in [1.165, 1.54) is 19.4 Å². The summed E-state index contributed by atoms with van der Waals surface area (Å²) >= 11 is 0. The van der Waals surface area contributed by atoms with Crippen LogP contribution >= 0.6 is 0 Å². The van der Waals surface area contributed by atoms with Gasteiger partial charge in [-0.05, 0) is 24.8 Å². The minimum Gasteiger partial charge on any atom is -0.480 e. The van der Waals surface area contributed by atoms with Gasteiger partial charge in [0.1, 0.15) is 18.1 Å². The lowest BCUT2D eigenvalue weighted by molar-refractivity contribution is -0.142. The fraction of sp³-hybridized carbons (Fsp3) is 0.458. The maximum Gasteiger partial charge on any atom is 0.326 e. The molecule has 0 saturated carbocycles. The van der Waals surface area contributed by atoms with E-state index in [0.717, 1.165) is 5.56 Å². The Morgan fingerprint density at radius 1 is 1.00 bits per heavy atom. The third kappa shape index (κ3) is 8.53. The first-order valence-electron chi connectivity index (χ1n) is 11.5. The van der Waals surface area contributed by atoms with E-state index in [2.05, 4.69) is 25.9 Å². The first kappa shape index (κ1) is 27.5. The smallest absolute Gasteiger partial charge is 0.326 e. The van der Waals surface area contributed by atoms with Crippen LogP contribution in [-0.4, -0.2) is 62.9 Å². The second-order valence-electron chi connectivity index (χ2n) is 8.58. The van der Waals surface area contributed by atoms with E-state index >= 15 is 0 Å². The second-order valence-corrected chi connectivity index (χ2v) is 8.58. The zero-order valence-electron chi connectivity index (χ0n) is 20.2. The van der Waals surface area contributed by atoms with Gasteiger partial charge in [0.2, 0.25) is 17.7 Å². The number of carbonyl (C=O) groups excluding carboxylic acids is 3. The summed E-state index contributed by atoms with van der Waals surface area (Å²) in [6.45, 7) is 5.13. The predicted octanol–water partition coefficient (Wildman–Crippen LogP) is 0.127. The predicted molar refractivity (Wildman–Crippen MR) is 129 cm³/mol. The van der Waals surface area contributed by atoms with E-state index in [4.69, 9.17) is 5.73 Å². The highest BCUT2D eigenvalue weighted by Crippen LogP contribution is 2.10. The Bertz CT molecular complexity index is 982. The number of nitrogens with one attached hydrogen (secondary N) is 4. The number of carboxylic acids is 1. The second kappa shape index (κ2) is 13.2. The van der Waals surface area contributed by atoms with Gasteiger partial charge in [-0.15, -0.1) is 0 Å². The van der Waals surface area contributed by atoms with E-state index in [1.54, 1.807) is 0 Å². The summed E-state index contributed by atoms with van der Waals surface area (Å²) in [5.41, 5.74) is 7.50. The van der Waals surface area contributed by atoms with Crippen LogP contribution in [0, 0.1) is 5.92 Å². The molecule has 5 unspecified atom stereocenters. The molecule has 0 spiro atoms. The largest absolute Gasteiger partial charge is 0.480 e. The zero-order valence-corrected chi connectivity index (χ0v) is 20.2. The molecule has 0 fully saturated rings. The molecule has 3 amide bonds. The Morgan fingerprint density at radius 2 is 1.69 bits per heavy atom. The Labute approximate surface area is 204 Å². The molecule has 0 saturated heterocycles. The number of aliphatic carboxylic acids is 1. The van der Waals surface area contributed by atoms with Crippen LogP contribution in [0.4, 0.5) is 0 Å². The van der Waals surface area contributed by atoms with Crippen LogP contribution in [0.5, 0.6) is 0 Å². The van der Waals surface area contributed by atoms with Crippen molar-refractivity contribution in [3.63, 3.8) is 0 Å². The maximum absolute atomic E-state index is 13.0. The van der Waals surface area contributed by atoms with Gasteiger partial charge in [-0.3, -0.25) is 14.4 Å².